The summed E-state index contributed by atoms with van der Waals surface area (Å²) < 4.78 is 0.868. The maximum Gasteiger partial charge on any atom is 0.234 e. The van der Waals surface area contributed by atoms with Crippen molar-refractivity contribution in [2.75, 3.05) is 11.1 Å². The summed E-state index contributed by atoms with van der Waals surface area (Å²) in [5.74, 6) is 0.986. The molecule has 0 atom stereocenters. The molecule has 24 heavy (non-hydrogen) atoms. The number of thioether (sulfide) groups is 1. The largest absolute Gasteiger partial charge is 0.324 e. The van der Waals surface area contributed by atoms with Gasteiger partial charge in [-0.05, 0) is 54.4 Å². The van der Waals surface area contributed by atoms with Crippen LogP contribution in [0.25, 0.3) is 10.2 Å². The number of fused-ring (bicyclic) bond motifs is 1. The van der Waals surface area contributed by atoms with Gasteiger partial charge >= 0.3 is 0 Å². The molecule has 2 aromatic heterocycles. The third kappa shape index (κ3) is 3.63. The highest BCUT2D eigenvalue weighted by atomic mass is 79.9. The van der Waals surface area contributed by atoms with E-state index in [4.69, 9.17) is 0 Å². The van der Waals surface area contributed by atoms with Crippen LogP contribution in [0, 0.1) is 20.8 Å². The highest BCUT2D eigenvalue weighted by Gasteiger charge is 2.15. The summed E-state index contributed by atoms with van der Waals surface area (Å²) >= 11 is 6.56. The van der Waals surface area contributed by atoms with E-state index in [-0.39, 0.29) is 5.91 Å². The number of thiophene rings is 1. The maximum absolute atomic E-state index is 12.3. The molecular weight excluding hydrogens is 406 g/mol. The summed E-state index contributed by atoms with van der Waals surface area (Å²) in [5.41, 5.74) is 1.97. The number of carbonyl (C=O) groups excluding carboxylic acids is 1. The van der Waals surface area contributed by atoms with Gasteiger partial charge < -0.3 is 5.32 Å². The van der Waals surface area contributed by atoms with E-state index in [1.807, 2.05) is 31.2 Å². The Morgan fingerprint density at radius 2 is 2.00 bits per heavy atom. The first kappa shape index (κ1) is 17.4. The Balaban J connectivity index is 1.78. The van der Waals surface area contributed by atoms with Gasteiger partial charge in [0.1, 0.15) is 15.7 Å². The average Bonchev–Trinajstić information content (AvgIpc) is 2.81. The van der Waals surface area contributed by atoms with Gasteiger partial charge in [0, 0.05) is 14.7 Å². The molecule has 1 N–H and O–H groups in total. The van der Waals surface area contributed by atoms with Crippen LogP contribution in [-0.4, -0.2) is 21.6 Å². The molecule has 4 nitrogen and oxygen atoms in total. The van der Waals surface area contributed by atoms with Gasteiger partial charge in [0.05, 0.1) is 11.4 Å². The Bertz CT molecular complexity index is 924. The molecule has 0 aliphatic carbocycles. The SMILES string of the molecule is Cc1nc(SCC(=O)Nc2ccccc2Br)c2c(C)c(C)sc2n1. The standard InChI is InChI=1S/C17H16BrN3OS2/c1-9-10(2)24-17-15(9)16(19-11(3)20-17)23-8-14(22)21-13-7-5-4-6-12(13)18/h4-7H,8H2,1-3H3,(H,21,22). The van der Waals surface area contributed by atoms with E-state index in [2.05, 4.69) is 45.1 Å². The van der Waals surface area contributed by atoms with Crippen molar-refractivity contribution in [2.24, 2.45) is 0 Å². The fraction of sp³-hybridized carbons (Fsp3) is 0.235. The highest BCUT2D eigenvalue weighted by Crippen LogP contribution is 2.35. The van der Waals surface area contributed by atoms with Crippen molar-refractivity contribution < 1.29 is 4.79 Å². The molecule has 0 aliphatic heterocycles. The minimum atomic E-state index is -0.0547. The molecule has 124 valence electrons. The van der Waals surface area contributed by atoms with Gasteiger partial charge in [0.2, 0.25) is 5.91 Å². The Labute approximate surface area is 157 Å². The number of hydrogen-bond donors (Lipinski definition) is 1. The van der Waals surface area contributed by atoms with Crippen molar-refractivity contribution in [3.63, 3.8) is 0 Å². The molecule has 0 spiro atoms. The third-order valence-corrected chi connectivity index (χ3v) is 6.36. The van der Waals surface area contributed by atoms with E-state index >= 15 is 0 Å². The lowest BCUT2D eigenvalue weighted by atomic mass is 10.2. The summed E-state index contributed by atoms with van der Waals surface area (Å²) in [6.45, 7) is 6.05. The zero-order valence-electron chi connectivity index (χ0n) is 13.5. The molecule has 2 heterocycles. The van der Waals surface area contributed by atoms with Gasteiger partial charge in [-0.2, -0.15) is 0 Å². The second-order valence-corrected chi connectivity index (χ2v) is 8.38. The van der Waals surface area contributed by atoms with Gasteiger partial charge in [-0.3, -0.25) is 4.79 Å². The van der Waals surface area contributed by atoms with Crippen LogP contribution >= 0.6 is 39.0 Å². The summed E-state index contributed by atoms with van der Waals surface area (Å²) in [5, 5.41) is 4.86. The van der Waals surface area contributed by atoms with Gasteiger partial charge in [-0.15, -0.1) is 11.3 Å². The predicted octanol–water partition coefficient (Wildman–Crippen LogP) is 5.11. The molecule has 0 fully saturated rings. The van der Waals surface area contributed by atoms with E-state index in [9.17, 15) is 4.79 Å². The van der Waals surface area contributed by atoms with E-state index in [1.54, 1.807) is 11.3 Å². The maximum atomic E-state index is 12.3. The fourth-order valence-corrected chi connectivity index (χ4v) is 4.76. The molecular formula is C17H16BrN3OS2. The monoisotopic (exact) mass is 421 g/mol. The number of aryl methyl sites for hydroxylation is 3. The van der Waals surface area contributed by atoms with Crippen LogP contribution in [0.1, 0.15) is 16.3 Å². The molecule has 7 heteroatoms. The van der Waals surface area contributed by atoms with Gasteiger partial charge in [0.15, 0.2) is 0 Å². The average molecular weight is 422 g/mol. The zero-order chi connectivity index (χ0) is 17.3. The van der Waals surface area contributed by atoms with Crippen molar-refractivity contribution >= 4 is 60.8 Å². The fourth-order valence-electron chi connectivity index (χ4n) is 2.30. The van der Waals surface area contributed by atoms with Crippen LogP contribution in [0.2, 0.25) is 0 Å². The molecule has 1 aromatic carbocycles. The summed E-state index contributed by atoms with van der Waals surface area (Å²) in [6, 6.07) is 7.57. The molecule has 0 aliphatic rings. The van der Waals surface area contributed by atoms with E-state index < -0.39 is 0 Å². The molecule has 3 aromatic rings. The predicted molar refractivity (Wildman–Crippen MR) is 105 cm³/mol. The summed E-state index contributed by atoms with van der Waals surface area (Å²) in [4.78, 5) is 23.5. The Kier molecular flexibility index (Phi) is 5.22. The Morgan fingerprint density at radius 1 is 1.25 bits per heavy atom. The summed E-state index contributed by atoms with van der Waals surface area (Å²) in [7, 11) is 0. The number of hydrogen-bond acceptors (Lipinski definition) is 5. The van der Waals surface area contributed by atoms with Crippen LogP contribution in [-0.2, 0) is 4.79 Å². The molecule has 0 saturated heterocycles. The smallest absolute Gasteiger partial charge is 0.234 e. The van der Waals surface area contributed by atoms with E-state index in [0.29, 0.717) is 5.75 Å². The number of halogens is 1. The minimum absolute atomic E-state index is 0.0547. The lowest BCUT2D eigenvalue weighted by Gasteiger charge is -2.08. The summed E-state index contributed by atoms with van der Waals surface area (Å²) in [6.07, 6.45) is 0. The van der Waals surface area contributed by atoms with Gasteiger partial charge in [-0.25, -0.2) is 9.97 Å². The van der Waals surface area contributed by atoms with Crippen molar-refractivity contribution in [1.29, 1.82) is 0 Å². The molecule has 0 saturated carbocycles. The zero-order valence-corrected chi connectivity index (χ0v) is 16.7. The normalized spacial score (nSPS) is 11.0. The molecule has 3 rings (SSSR count). The number of rotatable bonds is 4. The van der Waals surface area contributed by atoms with Crippen molar-refractivity contribution in [1.82, 2.24) is 9.97 Å². The van der Waals surface area contributed by atoms with Crippen LogP contribution < -0.4 is 5.32 Å². The van der Waals surface area contributed by atoms with Crippen molar-refractivity contribution in [3.8, 4) is 0 Å². The highest BCUT2D eigenvalue weighted by molar-refractivity contribution is 9.10. The van der Waals surface area contributed by atoms with Crippen molar-refractivity contribution in [3.05, 3.63) is 45.0 Å². The van der Waals surface area contributed by atoms with Crippen molar-refractivity contribution in [2.45, 2.75) is 25.8 Å². The topological polar surface area (TPSA) is 54.9 Å². The Hall–Kier alpha value is -1.44. The Morgan fingerprint density at radius 3 is 2.75 bits per heavy atom. The van der Waals surface area contributed by atoms with E-state index in [0.717, 1.165) is 31.2 Å². The second-order valence-electron chi connectivity index (χ2n) is 5.36. The number of nitrogens with one attached hydrogen (secondary N) is 1. The van der Waals surface area contributed by atoms with Crippen LogP contribution in [0.3, 0.4) is 0 Å². The van der Waals surface area contributed by atoms with Crippen LogP contribution in [0.4, 0.5) is 5.69 Å². The second kappa shape index (κ2) is 7.21. The molecule has 1 amide bonds. The first-order chi connectivity index (χ1) is 11.5. The van der Waals surface area contributed by atoms with Crippen LogP contribution in [0.5, 0.6) is 0 Å². The number of benzene rings is 1. The first-order valence-corrected chi connectivity index (χ1v) is 9.96. The molecule has 0 bridgehead atoms. The lowest BCUT2D eigenvalue weighted by Crippen LogP contribution is -2.14. The number of aromatic nitrogens is 2. The number of para-hydroxylation sites is 1. The lowest BCUT2D eigenvalue weighted by molar-refractivity contribution is -0.113. The third-order valence-electron chi connectivity index (χ3n) is 3.60. The number of nitrogens with zero attached hydrogens (tertiary/aromatic N) is 2. The van der Waals surface area contributed by atoms with E-state index in [1.165, 1.54) is 22.2 Å². The van der Waals surface area contributed by atoms with Gasteiger partial charge in [-0.1, -0.05) is 23.9 Å². The molecule has 0 radical (unpaired) electrons. The number of anilines is 1. The molecule has 0 unspecified atom stereocenters. The first-order valence-electron chi connectivity index (χ1n) is 7.37. The van der Waals surface area contributed by atoms with Gasteiger partial charge in [0.25, 0.3) is 0 Å². The quantitative estimate of drug-likeness (QED) is 0.469. The van der Waals surface area contributed by atoms with Crippen LogP contribution in [0.15, 0.2) is 33.8 Å². The number of carbonyl (C=O) groups is 1. The minimum Gasteiger partial charge on any atom is -0.324 e. The number of amides is 1.